The maximum Gasteiger partial charge on any atom is 0.157 e. The van der Waals surface area contributed by atoms with E-state index in [0.29, 0.717) is 0 Å². The number of aryl methyl sites for hydroxylation is 1. The Labute approximate surface area is 131 Å². The summed E-state index contributed by atoms with van der Waals surface area (Å²) in [6, 6.07) is 18.1. The summed E-state index contributed by atoms with van der Waals surface area (Å²) in [5, 5.41) is 0. The molecule has 0 aromatic heterocycles. The first-order valence-corrected chi connectivity index (χ1v) is 7.17. The molecule has 2 atom stereocenters. The Balaban J connectivity index is 0.00000161. The third kappa shape index (κ3) is 3.34. The third-order valence-corrected chi connectivity index (χ3v) is 4.15. The van der Waals surface area contributed by atoms with Crippen molar-refractivity contribution in [1.82, 2.24) is 0 Å². The first-order valence-electron chi connectivity index (χ1n) is 7.17. The van der Waals surface area contributed by atoms with Gasteiger partial charge in [0.2, 0.25) is 0 Å². The Morgan fingerprint density at radius 3 is 2.43 bits per heavy atom. The van der Waals surface area contributed by atoms with Crippen molar-refractivity contribution in [1.29, 1.82) is 0 Å². The molecule has 2 aromatic carbocycles. The number of halogens is 1. The minimum absolute atomic E-state index is 0. The molecule has 0 heterocycles. The van der Waals surface area contributed by atoms with Crippen LogP contribution in [0.15, 0.2) is 54.6 Å². The molecular formula is C18H20ClNO. The second-order valence-electron chi connectivity index (χ2n) is 5.49. The molecule has 1 aliphatic rings. The summed E-state index contributed by atoms with van der Waals surface area (Å²) in [5.74, 6) is 0.0740. The molecule has 3 rings (SSSR count). The number of carbonyl (C=O) groups excluding carboxylic acids is 1. The van der Waals surface area contributed by atoms with Gasteiger partial charge < -0.3 is 5.73 Å². The zero-order chi connectivity index (χ0) is 13.9. The van der Waals surface area contributed by atoms with Crippen LogP contribution in [0.25, 0.3) is 0 Å². The fourth-order valence-corrected chi connectivity index (χ4v) is 3.03. The van der Waals surface area contributed by atoms with E-state index >= 15 is 0 Å². The molecule has 0 saturated carbocycles. The van der Waals surface area contributed by atoms with Crippen LogP contribution in [0.1, 0.15) is 29.0 Å². The molecule has 0 radical (unpaired) electrons. The van der Waals surface area contributed by atoms with Gasteiger partial charge in [-0.2, -0.15) is 0 Å². The lowest BCUT2D eigenvalue weighted by atomic mass is 9.86. The van der Waals surface area contributed by atoms with E-state index in [-0.39, 0.29) is 30.2 Å². The Bertz CT molecular complexity index is 612. The van der Waals surface area contributed by atoms with Gasteiger partial charge in [0.1, 0.15) is 0 Å². The van der Waals surface area contributed by atoms with Gasteiger partial charge in [-0.3, -0.25) is 4.79 Å². The van der Waals surface area contributed by atoms with Gasteiger partial charge in [-0.25, -0.2) is 0 Å². The molecule has 0 spiro atoms. The molecule has 0 fully saturated rings. The highest BCUT2D eigenvalue weighted by Gasteiger charge is 2.30. The molecule has 2 aromatic rings. The van der Waals surface area contributed by atoms with Crippen molar-refractivity contribution in [2.24, 2.45) is 5.73 Å². The van der Waals surface area contributed by atoms with E-state index in [0.717, 1.165) is 24.8 Å². The number of carbonyl (C=O) groups is 1. The molecule has 21 heavy (non-hydrogen) atoms. The summed E-state index contributed by atoms with van der Waals surface area (Å²) in [6.07, 6.45) is 2.39. The maximum atomic E-state index is 12.6. The summed E-state index contributed by atoms with van der Waals surface area (Å²) < 4.78 is 0. The minimum Gasteiger partial charge on any atom is -0.321 e. The van der Waals surface area contributed by atoms with Crippen molar-refractivity contribution in [2.45, 2.75) is 31.2 Å². The number of fused-ring (bicyclic) bond motifs is 1. The average Bonchev–Trinajstić information content (AvgIpc) is 2.61. The van der Waals surface area contributed by atoms with Crippen LogP contribution in [0.2, 0.25) is 0 Å². The van der Waals surface area contributed by atoms with Crippen molar-refractivity contribution in [3.05, 3.63) is 71.3 Å². The summed E-state index contributed by atoms with van der Waals surface area (Å²) in [5.41, 5.74) is 9.68. The van der Waals surface area contributed by atoms with Gasteiger partial charge in [0, 0.05) is 5.92 Å². The van der Waals surface area contributed by atoms with Gasteiger partial charge in [-0.1, -0.05) is 54.6 Å². The van der Waals surface area contributed by atoms with Gasteiger partial charge >= 0.3 is 0 Å². The molecule has 2 unspecified atom stereocenters. The molecule has 0 aliphatic heterocycles. The zero-order valence-electron chi connectivity index (χ0n) is 11.9. The smallest absolute Gasteiger partial charge is 0.157 e. The van der Waals surface area contributed by atoms with E-state index in [1.54, 1.807) is 0 Å². The van der Waals surface area contributed by atoms with Gasteiger partial charge in [-0.15, -0.1) is 12.4 Å². The van der Waals surface area contributed by atoms with Crippen molar-refractivity contribution in [2.75, 3.05) is 0 Å². The SMILES string of the molecule is Cl.NC1CCc2ccccc2C(Cc2ccccc2)C1=O. The van der Waals surface area contributed by atoms with Crippen LogP contribution in [-0.2, 0) is 17.6 Å². The Morgan fingerprint density at radius 1 is 1.00 bits per heavy atom. The Kier molecular flexibility index (Phi) is 5.16. The number of ketones is 1. The van der Waals surface area contributed by atoms with Gasteiger partial charge in [0.05, 0.1) is 6.04 Å². The lowest BCUT2D eigenvalue weighted by Gasteiger charge is -2.18. The predicted molar refractivity (Wildman–Crippen MR) is 87.9 cm³/mol. The molecule has 0 amide bonds. The van der Waals surface area contributed by atoms with Crippen molar-refractivity contribution in [3.63, 3.8) is 0 Å². The second kappa shape index (κ2) is 6.88. The number of benzene rings is 2. The first kappa shape index (κ1) is 15.7. The normalized spacial score (nSPS) is 21.1. The van der Waals surface area contributed by atoms with E-state index in [1.807, 2.05) is 30.3 Å². The molecular weight excluding hydrogens is 282 g/mol. The Morgan fingerprint density at radius 2 is 1.67 bits per heavy atom. The molecule has 2 N–H and O–H groups in total. The molecule has 0 bridgehead atoms. The fraction of sp³-hybridized carbons (Fsp3) is 0.278. The minimum atomic E-state index is -0.337. The standard InChI is InChI=1S/C18H19NO.ClH/c19-17-11-10-14-8-4-5-9-15(14)16(18(17)20)12-13-6-2-1-3-7-13;/h1-9,16-17H,10-12,19H2;1H. The average molecular weight is 302 g/mol. The van der Waals surface area contributed by atoms with E-state index in [2.05, 4.69) is 24.3 Å². The first-order chi connectivity index (χ1) is 9.75. The van der Waals surface area contributed by atoms with Crippen LogP contribution < -0.4 is 5.73 Å². The van der Waals surface area contributed by atoms with Crippen LogP contribution >= 0.6 is 12.4 Å². The largest absolute Gasteiger partial charge is 0.321 e. The van der Waals surface area contributed by atoms with Crippen LogP contribution in [-0.4, -0.2) is 11.8 Å². The highest BCUT2D eigenvalue weighted by molar-refractivity contribution is 5.91. The molecule has 1 aliphatic carbocycles. The number of hydrogen-bond donors (Lipinski definition) is 1. The highest BCUT2D eigenvalue weighted by Crippen LogP contribution is 2.30. The van der Waals surface area contributed by atoms with Crippen LogP contribution in [0, 0.1) is 0 Å². The number of Topliss-reactive ketones (excluding diaryl/α,β-unsaturated/α-hetero) is 1. The van der Waals surface area contributed by atoms with Gasteiger partial charge in [-0.05, 0) is 36.0 Å². The van der Waals surface area contributed by atoms with Crippen LogP contribution in [0.4, 0.5) is 0 Å². The predicted octanol–water partition coefficient (Wildman–Crippen LogP) is 3.28. The van der Waals surface area contributed by atoms with Crippen LogP contribution in [0.5, 0.6) is 0 Å². The van der Waals surface area contributed by atoms with E-state index in [4.69, 9.17) is 5.73 Å². The molecule has 110 valence electrons. The lowest BCUT2D eigenvalue weighted by molar-refractivity contribution is -0.121. The summed E-state index contributed by atoms with van der Waals surface area (Å²) in [7, 11) is 0. The highest BCUT2D eigenvalue weighted by atomic mass is 35.5. The number of hydrogen-bond acceptors (Lipinski definition) is 2. The van der Waals surface area contributed by atoms with E-state index in [1.165, 1.54) is 11.1 Å². The van der Waals surface area contributed by atoms with Crippen molar-refractivity contribution < 1.29 is 4.79 Å². The number of rotatable bonds is 2. The van der Waals surface area contributed by atoms with Crippen molar-refractivity contribution >= 4 is 18.2 Å². The van der Waals surface area contributed by atoms with E-state index < -0.39 is 0 Å². The zero-order valence-corrected chi connectivity index (χ0v) is 12.7. The second-order valence-corrected chi connectivity index (χ2v) is 5.49. The molecule has 3 heteroatoms. The van der Waals surface area contributed by atoms with Gasteiger partial charge in [0.15, 0.2) is 5.78 Å². The number of nitrogens with two attached hydrogens (primary N) is 1. The third-order valence-electron chi connectivity index (χ3n) is 4.15. The fourth-order valence-electron chi connectivity index (χ4n) is 3.03. The molecule has 2 nitrogen and oxygen atoms in total. The monoisotopic (exact) mass is 301 g/mol. The Hall–Kier alpha value is -1.64. The van der Waals surface area contributed by atoms with Crippen LogP contribution in [0.3, 0.4) is 0 Å². The van der Waals surface area contributed by atoms with Gasteiger partial charge in [0.25, 0.3) is 0 Å². The summed E-state index contributed by atoms with van der Waals surface area (Å²) in [6.45, 7) is 0. The quantitative estimate of drug-likeness (QED) is 0.865. The summed E-state index contributed by atoms with van der Waals surface area (Å²) in [4.78, 5) is 12.6. The molecule has 0 saturated heterocycles. The topological polar surface area (TPSA) is 43.1 Å². The van der Waals surface area contributed by atoms with Crippen molar-refractivity contribution in [3.8, 4) is 0 Å². The van der Waals surface area contributed by atoms with E-state index in [9.17, 15) is 4.79 Å². The summed E-state index contributed by atoms with van der Waals surface area (Å²) >= 11 is 0. The lowest BCUT2D eigenvalue weighted by Crippen LogP contribution is -2.34. The maximum absolute atomic E-state index is 12.6.